The van der Waals surface area contributed by atoms with Gasteiger partial charge in [0.1, 0.15) is 24.0 Å². The Morgan fingerprint density at radius 2 is 2.25 bits per heavy atom. The molecule has 1 atom stereocenters. The summed E-state index contributed by atoms with van der Waals surface area (Å²) < 4.78 is 16.1. The van der Waals surface area contributed by atoms with Crippen molar-refractivity contribution in [2.75, 3.05) is 20.8 Å². The number of hydrogen-bond acceptors (Lipinski definition) is 4. The van der Waals surface area contributed by atoms with E-state index in [0.29, 0.717) is 18.1 Å². The van der Waals surface area contributed by atoms with Gasteiger partial charge in [-0.15, -0.1) is 0 Å². The second kappa shape index (κ2) is 4.33. The summed E-state index contributed by atoms with van der Waals surface area (Å²) in [4.78, 5) is 11.5. The summed E-state index contributed by atoms with van der Waals surface area (Å²) in [5, 5.41) is 0. The Kier molecular flexibility index (Phi) is 3.05. The molecule has 0 radical (unpaired) electrons. The van der Waals surface area contributed by atoms with Crippen LogP contribution in [0.3, 0.4) is 0 Å². The van der Waals surface area contributed by atoms with E-state index in [1.54, 1.807) is 19.2 Å². The van der Waals surface area contributed by atoms with E-state index in [9.17, 15) is 4.79 Å². The smallest absolute Gasteiger partial charge is 0.316 e. The summed E-state index contributed by atoms with van der Waals surface area (Å²) in [6.07, 6.45) is 0. The van der Waals surface area contributed by atoms with Crippen molar-refractivity contribution in [1.29, 1.82) is 0 Å². The second-order valence-electron chi connectivity index (χ2n) is 3.41. The molecule has 1 aromatic carbocycles. The fourth-order valence-electron chi connectivity index (χ4n) is 1.71. The summed E-state index contributed by atoms with van der Waals surface area (Å²) in [5.74, 6) is 0.714. The van der Waals surface area contributed by atoms with E-state index in [2.05, 4.69) is 15.9 Å². The zero-order valence-electron chi connectivity index (χ0n) is 8.95. The lowest BCUT2D eigenvalue weighted by molar-refractivity contribution is -0.142. The average molecular weight is 287 g/mol. The van der Waals surface area contributed by atoms with Gasteiger partial charge in [-0.05, 0) is 28.1 Å². The number of methoxy groups -OCH3 is 2. The topological polar surface area (TPSA) is 44.8 Å². The van der Waals surface area contributed by atoms with Gasteiger partial charge in [-0.25, -0.2) is 0 Å². The Morgan fingerprint density at radius 3 is 2.88 bits per heavy atom. The van der Waals surface area contributed by atoms with Gasteiger partial charge in [0, 0.05) is 5.56 Å². The molecule has 1 aliphatic rings. The second-order valence-corrected chi connectivity index (χ2v) is 4.27. The van der Waals surface area contributed by atoms with Crippen LogP contribution in [-0.2, 0) is 9.53 Å². The predicted molar refractivity (Wildman–Crippen MR) is 60.9 cm³/mol. The first-order chi connectivity index (χ1) is 7.67. The van der Waals surface area contributed by atoms with Gasteiger partial charge in [0.15, 0.2) is 0 Å². The van der Waals surface area contributed by atoms with Crippen molar-refractivity contribution >= 4 is 21.9 Å². The highest BCUT2D eigenvalue weighted by Crippen LogP contribution is 2.42. The largest absolute Gasteiger partial charge is 0.497 e. The lowest BCUT2D eigenvalue weighted by Crippen LogP contribution is -2.15. The van der Waals surface area contributed by atoms with E-state index in [1.807, 2.05) is 0 Å². The molecule has 1 aromatic rings. The van der Waals surface area contributed by atoms with Gasteiger partial charge in [0.05, 0.1) is 18.7 Å². The highest BCUT2D eigenvalue weighted by atomic mass is 79.9. The van der Waals surface area contributed by atoms with Gasteiger partial charge < -0.3 is 14.2 Å². The quantitative estimate of drug-likeness (QED) is 0.781. The number of ether oxygens (including phenoxy) is 3. The molecule has 0 spiro atoms. The fourth-order valence-corrected chi connectivity index (χ4v) is 2.28. The summed E-state index contributed by atoms with van der Waals surface area (Å²) in [7, 11) is 2.95. The van der Waals surface area contributed by atoms with Gasteiger partial charge in [-0.1, -0.05) is 0 Å². The molecule has 1 heterocycles. The van der Waals surface area contributed by atoms with Crippen molar-refractivity contribution in [2.24, 2.45) is 0 Å². The monoisotopic (exact) mass is 286 g/mol. The molecule has 0 saturated carbocycles. The molecule has 1 unspecified atom stereocenters. The van der Waals surface area contributed by atoms with Gasteiger partial charge in [-0.2, -0.15) is 0 Å². The van der Waals surface area contributed by atoms with Crippen LogP contribution in [0.2, 0.25) is 0 Å². The average Bonchev–Trinajstić information content (AvgIpc) is 2.72. The lowest BCUT2D eigenvalue weighted by Gasteiger charge is -2.08. The number of rotatable bonds is 2. The number of hydrogen-bond donors (Lipinski definition) is 0. The molecular formula is C11H11BrO4. The Bertz CT molecular complexity index is 430. The van der Waals surface area contributed by atoms with Crippen LogP contribution in [0.4, 0.5) is 0 Å². The number of fused-ring (bicyclic) bond motifs is 1. The zero-order valence-corrected chi connectivity index (χ0v) is 10.5. The molecule has 0 fully saturated rings. The highest BCUT2D eigenvalue weighted by molar-refractivity contribution is 9.10. The fraction of sp³-hybridized carbons (Fsp3) is 0.364. The summed E-state index contributed by atoms with van der Waals surface area (Å²) in [6.45, 7) is 0.313. The van der Waals surface area contributed by atoms with Crippen LogP contribution in [0.1, 0.15) is 11.5 Å². The third-order valence-corrected chi connectivity index (χ3v) is 3.13. The molecular weight excluding hydrogens is 276 g/mol. The van der Waals surface area contributed by atoms with E-state index >= 15 is 0 Å². The van der Waals surface area contributed by atoms with E-state index in [0.717, 1.165) is 10.0 Å². The van der Waals surface area contributed by atoms with Gasteiger partial charge in [0.25, 0.3) is 0 Å². The predicted octanol–water partition coefficient (Wildman–Crippen LogP) is 2.11. The minimum absolute atomic E-state index is 0.293. The summed E-state index contributed by atoms with van der Waals surface area (Å²) >= 11 is 3.38. The van der Waals surface area contributed by atoms with Crippen LogP contribution in [0.5, 0.6) is 11.5 Å². The number of halogens is 1. The van der Waals surface area contributed by atoms with Crippen molar-refractivity contribution < 1.29 is 19.0 Å². The lowest BCUT2D eigenvalue weighted by atomic mass is 10.0. The maximum Gasteiger partial charge on any atom is 0.316 e. The van der Waals surface area contributed by atoms with E-state index in [1.165, 1.54) is 7.11 Å². The Balaban J connectivity index is 2.45. The molecule has 0 aromatic heterocycles. The van der Waals surface area contributed by atoms with Crippen molar-refractivity contribution in [3.63, 3.8) is 0 Å². The number of carbonyl (C=O) groups excluding carboxylic acids is 1. The van der Waals surface area contributed by atoms with E-state index in [4.69, 9.17) is 14.2 Å². The molecule has 86 valence electrons. The number of carbonyl (C=O) groups is 1. The molecule has 0 aliphatic carbocycles. The van der Waals surface area contributed by atoms with E-state index < -0.39 is 0 Å². The number of benzene rings is 1. The summed E-state index contributed by atoms with van der Waals surface area (Å²) in [5.41, 5.74) is 0.804. The maximum absolute atomic E-state index is 11.5. The molecule has 1 aliphatic heterocycles. The number of esters is 1. The third-order valence-electron chi connectivity index (χ3n) is 2.54. The minimum Gasteiger partial charge on any atom is -0.497 e. The van der Waals surface area contributed by atoms with Crippen LogP contribution in [0, 0.1) is 0 Å². The Hall–Kier alpha value is -1.23. The van der Waals surface area contributed by atoms with Crippen LogP contribution >= 0.6 is 15.9 Å². The molecule has 4 nitrogen and oxygen atoms in total. The Morgan fingerprint density at radius 1 is 1.50 bits per heavy atom. The van der Waals surface area contributed by atoms with Gasteiger partial charge >= 0.3 is 5.97 Å². The molecule has 0 saturated heterocycles. The molecule has 16 heavy (non-hydrogen) atoms. The first-order valence-electron chi connectivity index (χ1n) is 4.75. The zero-order chi connectivity index (χ0) is 11.7. The first kappa shape index (κ1) is 11.3. The third kappa shape index (κ3) is 1.75. The van der Waals surface area contributed by atoms with Crippen LogP contribution in [0.15, 0.2) is 16.6 Å². The standard InChI is InChI=1S/C11H11BrO4/c1-14-6-3-7-8(11(13)15-2)5-16-10(7)9(12)4-6/h3-4,8H,5H2,1-2H3. The van der Waals surface area contributed by atoms with Crippen molar-refractivity contribution in [3.05, 3.63) is 22.2 Å². The van der Waals surface area contributed by atoms with Crippen molar-refractivity contribution in [2.45, 2.75) is 5.92 Å². The molecule has 5 heteroatoms. The SMILES string of the molecule is COC(=O)C1COc2c(Br)cc(OC)cc21. The van der Waals surface area contributed by atoms with Gasteiger partial charge in [0.2, 0.25) is 0 Å². The molecule has 0 N–H and O–H groups in total. The summed E-state index contributed by atoms with van der Waals surface area (Å²) in [6, 6.07) is 3.60. The normalized spacial score (nSPS) is 17.6. The van der Waals surface area contributed by atoms with Crippen LogP contribution in [-0.4, -0.2) is 26.8 Å². The van der Waals surface area contributed by atoms with Gasteiger partial charge in [-0.3, -0.25) is 4.79 Å². The van der Waals surface area contributed by atoms with Crippen LogP contribution in [0.25, 0.3) is 0 Å². The molecule has 0 amide bonds. The maximum atomic E-state index is 11.5. The van der Waals surface area contributed by atoms with Crippen molar-refractivity contribution in [1.82, 2.24) is 0 Å². The van der Waals surface area contributed by atoms with E-state index in [-0.39, 0.29) is 11.9 Å². The highest BCUT2D eigenvalue weighted by Gasteiger charge is 2.33. The van der Waals surface area contributed by atoms with Crippen LogP contribution < -0.4 is 9.47 Å². The van der Waals surface area contributed by atoms with Crippen molar-refractivity contribution in [3.8, 4) is 11.5 Å². The molecule has 2 rings (SSSR count). The first-order valence-corrected chi connectivity index (χ1v) is 5.54. The minimum atomic E-state index is -0.369. The Labute approximate surface area is 102 Å². The molecule has 0 bridgehead atoms.